The summed E-state index contributed by atoms with van der Waals surface area (Å²) in [5.74, 6) is -0.635. The molecule has 0 aromatic carbocycles. The minimum Gasteiger partial charge on any atom is -0.259 e. The fourth-order valence-corrected chi connectivity index (χ4v) is 1.40. The Balaban J connectivity index is 2.49. The molecule has 2 aromatic heterocycles. The molecule has 0 spiro atoms. The van der Waals surface area contributed by atoms with Gasteiger partial charge in [-0.05, 0) is 12.5 Å². The molecular formula is C10H7F4N3. The Morgan fingerprint density at radius 3 is 2.47 bits per heavy atom. The van der Waals surface area contributed by atoms with E-state index < -0.39 is 17.7 Å². The van der Waals surface area contributed by atoms with E-state index >= 15 is 0 Å². The first kappa shape index (κ1) is 11.6. The van der Waals surface area contributed by atoms with Crippen molar-refractivity contribution in [3.63, 3.8) is 0 Å². The number of halogens is 4. The van der Waals surface area contributed by atoms with E-state index in [0.29, 0.717) is 0 Å². The Kier molecular flexibility index (Phi) is 2.60. The molecule has 90 valence electrons. The zero-order valence-electron chi connectivity index (χ0n) is 8.66. The van der Waals surface area contributed by atoms with Crippen LogP contribution in [0.25, 0.3) is 5.69 Å². The van der Waals surface area contributed by atoms with Gasteiger partial charge in [-0.1, -0.05) is 0 Å². The average Bonchev–Trinajstić information content (AvgIpc) is 2.60. The van der Waals surface area contributed by atoms with Gasteiger partial charge in [0, 0.05) is 12.3 Å². The summed E-state index contributed by atoms with van der Waals surface area (Å²) in [7, 11) is 0. The van der Waals surface area contributed by atoms with Gasteiger partial charge >= 0.3 is 6.18 Å². The number of aryl methyl sites for hydroxylation is 1. The molecule has 0 aliphatic heterocycles. The van der Waals surface area contributed by atoms with Gasteiger partial charge in [0.2, 0.25) is 0 Å². The van der Waals surface area contributed by atoms with Gasteiger partial charge in [0.1, 0.15) is 5.82 Å². The van der Waals surface area contributed by atoms with E-state index in [0.717, 1.165) is 16.9 Å². The lowest BCUT2D eigenvalue weighted by Gasteiger charge is -2.03. The van der Waals surface area contributed by atoms with Crippen molar-refractivity contribution in [2.45, 2.75) is 13.1 Å². The molecule has 0 saturated heterocycles. The Bertz CT molecular complexity index is 545. The first-order chi connectivity index (χ1) is 7.88. The molecule has 0 saturated carbocycles. The maximum absolute atomic E-state index is 12.9. The summed E-state index contributed by atoms with van der Waals surface area (Å²) >= 11 is 0. The summed E-state index contributed by atoms with van der Waals surface area (Å²) in [5, 5.41) is 3.38. The first-order valence-electron chi connectivity index (χ1n) is 4.62. The monoisotopic (exact) mass is 245 g/mol. The van der Waals surface area contributed by atoms with Crippen molar-refractivity contribution in [3.05, 3.63) is 41.7 Å². The van der Waals surface area contributed by atoms with Gasteiger partial charge in [-0.25, -0.2) is 9.07 Å². The molecule has 2 heterocycles. The van der Waals surface area contributed by atoms with Crippen LogP contribution in [-0.4, -0.2) is 14.8 Å². The molecule has 17 heavy (non-hydrogen) atoms. The fourth-order valence-electron chi connectivity index (χ4n) is 1.40. The molecule has 0 aliphatic rings. The second-order valence-electron chi connectivity index (χ2n) is 3.46. The van der Waals surface area contributed by atoms with E-state index in [9.17, 15) is 17.6 Å². The number of hydrogen-bond acceptors (Lipinski definition) is 2. The number of aromatic nitrogens is 3. The van der Waals surface area contributed by atoms with E-state index in [-0.39, 0.29) is 11.3 Å². The number of alkyl halides is 3. The predicted molar refractivity (Wildman–Crippen MR) is 51.1 cm³/mol. The molecule has 0 amide bonds. The third-order valence-corrected chi connectivity index (χ3v) is 2.12. The molecule has 0 aliphatic carbocycles. The van der Waals surface area contributed by atoms with Crippen molar-refractivity contribution in [1.29, 1.82) is 0 Å². The largest absolute Gasteiger partial charge is 0.435 e. The Morgan fingerprint density at radius 2 is 1.94 bits per heavy atom. The zero-order chi connectivity index (χ0) is 12.6. The molecule has 0 fully saturated rings. The van der Waals surface area contributed by atoms with E-state index in [1.54, 1.807) is 0 Å². The van der Waals surface area contributed by atoms with Gasteiger partial charge in [-0.3, -0.25) is 4.98 Å². The van der Waals surface area contributed by atoms with Crippen LogP contribution < -0.4 is 0 Å². The van der Waals surface area contributed by atoms with Crippen molar-refractivity contribution < 1.29 is 17.6 Å². The number of pyridine rings is 1. The van der Waals surface area contributed by atoms with Crippen molar-refractivity contribution in [2.24, 2.45) is 0 Å². The summed E-state index contributed by atoms with van der Waals surface area (Å²) in [6.07, 6.45) is -1.14. The summed E-state index contributed by atoms with van der Waals surface area (Å²) in [4.78, 5) is 3.54. The minimum absolute atomic E-state index is 0.0261. The smallest absolute Gasteiger partial charge is 0.259 e. The van der Waals surface area contributed by atoms with Crippen LogP contribution in [0.3, 0.4) is 0 Å². The number of nitrogens with zero attached hydrogens (tertiary/aromatic N) is 3. The van der Waals surface area contributed by atoms with Gasteiger partial charge in [0.15, 0.2) is 5.69 Å². The molecule has 0 unspecified atom stereocenters. The molecule has 0 radical (unpaired) electrons. The van der Waals surface area contributed by atoms with Crippen LogP contribution in [0.2, 0.25) is 0 Å². The quantitative estimate of drug-likeness (QED) is 0.723. The van der Waals surface area contributed by atoms with Crippen molar-refractivity contribution in [1.82, 2.24) is 14.8 Å². The zero-order valence-corrected chi connectivity index (χ0v) is 8.66. The molecule has 0 atom stereocenters. The highest BCUT2D eigenvalue weighted by Crippen LogP contribution is 2.30. The topological polar surface area (TPSA) is 30.7 Å². The second kappa shape index (κ2) is 3.83. The highest BCUT2D eigenvalue weighted by atomic mass is 19.4. The third-order valence-electron chi connectivity index (χ3n) is 2.12. The van der Waals surface area contributed by atoms with Crippen LogP contribution in [0.5, 0.6) is 0 Å². The summed E-state index contributed by atoms with van der Waals surface area (Å²) in [6.45, 7) is 1.29. The molecule has 2 aromatic rings. The lowest BCUT2D eigenvalue weighted by molar-refractivity contribution is -0.141. The Hall–Kier alpha value is -1.92. The molecular weight excluding hydrogens is 238 g/mol. The molecule has 3 nitrogen and oxygen atoms in total. The van der Waals surface area contributed by atoms with E-state index in [4.69, 9.17) is 0 Å². The average molecular weight is 245 g/mol. The van der Waals surface area contributed by atoms with Crippen molar-refractivity contribution >= 4 is 0 Å². The summed E-state index contributed by atoms with van der Waals surface area (Å²) in [5.41, 5.74) is -0.868. The molecule has 7 heteroatoms. The van der Waals surface area contributed by atoms with Crippen molar-refractivity contribution in [3.8, 4) is 5.69 Å². The van der Waals surface area contributed by atoms with E-state index in [2.05, 4.69) is 10.1 Å². The van der Waals surface area contributed by atoms with Gasteiger partial charge in [-0.15, -0.1) is 0 Å². The van der Waals surface area contributed by atoms with Gasteiger partial charge < -0.3 is 0 Å². The highest BCUT2D eigenvalue weighted by Gasteiger charge is 2.36. The van der Waals surface area contributed by atoms with Gasteiger partial charge in [0.05, 0.1) is 18.1 Å². The van der Waals surface area contributed by atoms with Crippen LogP contribution in [0.1, 0.15) is 11.3 Å². The van der Waals surface area contributed by atoms with Crippen LogP contribution in [0.4, 0.5) is 17.6 Å². The Labute approximate surface area is 93.7 Å². The summed E-state index contributed by atoms with van der Waals surface area (Å²) < 4.78 is 51.3. The lowest BCUT2D eigenvalue weighted by atomic mass is 10.3. The van der Waals surface area contributed by atoms with Crippen molar-refractivity contribution in [2.75, 3.05) is 0 Å². The van der Waals surface area contributed by atoms with E-state index in [1.807, 2.05) is 0 Å². The maximum Gasteiger partial charge on any atom is 0.435 e. The normalized spacial score (nSPS) is 11.8. The molecule has 2 rings (SSSR count). The van der Waals surface area contributed by atoms with E-state index in [1.165, 1.54) is 19.3 Å². The highest BCUT2D eigenvalue weighted by molar-refractivity contribution is 5.30. The SMILES string of the molecule is Cc1cn(-c2cncc(F)c2)nc1C(F)(F)F. The standard InChI is InChI=1S/C10H7F4N3/c1-6-5-17(16-9(6)10(12,13)14)8-2-7(11)3-15-4-8/h2-5H,1H3. The van der Waals surface area contributed by atoms with Crippen LogP contribution in [0, 0.1) is 12.7 Å². The fraction of sp³-hybridized carbons (Fsp3) is 0.200. The van der Waals surface area contributed by atoms with Gasteiger partial charge in [-0.2, -0.15) is 18.3 Å². The molecule has 0 bridgehead atoms. The second-order valence-corrected chi connectivity index (χ2v) is 3.46. The number of hydrogen-bond donors (Lipinski definition) is 0. The number of rotatable bonds is 1. The maximum atomic E-state index is 12.9. The Morgan fingerprint density at radius 1 is 1.24 bits per heavy atom. The van der Waals surface area contributed by atoms with Gasteiger partial charge in [0.25, 0.3) is 0 Å². The minimum atomic E-state index is -4.52. The first-order valence-corrected chi connectivity index (χ1v) is 4.62. The predicted octanol–water partition coefficient (Wildman–Crippen LogP) is 2.73. The van der Waals surface area contributed by atoms with Crippen LogP contribution in [0.15, 0.2) is 24.7 Å². The summed E-state index contributed by atoms with van der Waals surface area (Å²) in [6, 6.07) is 1.06. The lowest BCUT2D eigenvalue weighted by Crippen LogP contribution is -2.08. The molecule has 0 N–H and O–H groups in total. The van der Waals surface area contributed by atoms with Crippen LogP contribution >= 0.6 is 0 Å². The van der Waals surface area contributed by atoms with Crippen LogP contribution in [-0.2, 0) is 6.18 Å². The third kappa shape index (κ3) is 2.27.